The van der Waals surface area contributed by atoms with E-state index in [1.54, 1.807) is 19.2 Å². The Balaban J connectivity index is 1.76. The number of amidine groups is 1. The standard InChI is InChI=1S/C19H10Br2F3N3O2S/c1-27-14-11(6-9(20)7-12(14)21)13(17(27)29)15-16(28)26-18(30-15)25-10-4-2-3-8(5-10)19(22,23)24/h2-7H,1H3,(H,25,26,28)/b15-13-. The normalized spacial score (nSPS) is 20.2. The molecule has 0 aromatic heterocycles. The molecular weight excluding hydrogens is 551 g/mol. The molecule has 2 aromatic carbocycles. The third kappa shape index (κ3) is 3.69. The van der Waals surface area contributed by atoms with Gasteiger partial charge in [-0.25, -0.2) is 4.99 Å². The number of benzene rings is 2. The third-order valence-corrected chi connectivity index (χ3v) is 6.45. The van der Waals surface area contributed by atoms with Gasteiger partial charge in [-0.1, -0.05) is 22.0 Å². The molecule has 2 heterocycles. The van der Waals surface area contributed by atoms with E-state index in [0.717, 1.165) is 28.4 Å². The molecule has 30 heavy (non-hydrogen) atoms. The van der Waals surface area contributed by atoms with Gasteiger partial charge in [0.1, 0.15) is 0 Å². The Morgan fingerprint density at radius 3 is 2.57 bits per heavy atom. The van der Waals surface area contributed by atoms with Crippen molar-refractivity contribution in [3.63, 3.8) is 0 Å². The first kappa shape index (κ1) is 21.1. The van der Waals surface area contributed by atoms with Crippen LogP contribution in [0, 0.1) is 0 Å². The molecule has 0 bridgehead atoms. The average Bonchev–Trinajstić information content (AvgIpc) is 3.11. The van der Waals surface area contributed by atoms with E-state index in [2.05, 4.69) is 42.2 Å². The van der Waals surface area contributed by atoms with E-state index in [4.69, 9.17) is 0 Å². The molecule has 1 N–H and O–H groups in total. The van der Waals surface area contributed by atoms with Gasteiger partial charge in [-0.2, -0.15) is 13.2 Å². The first-order chi connectivity index (χ1) is 14.1. The lowest BCUT2D eigenvalue weighted by Gasteiger charge is -2.11. The maximum Gasteiger partial charge on any atom is 0.416 e. The number of carbonyl (C=O) groups is 2. The monoisotopic (exact) mass is 559 g/mol. The SMILES string of the molecule is CN1C(=O)/C(=C2\SC(=Nc3cccc(C(F)(F)F)c3)NC2=O)c2cc(Br)cc(Br)c21. The Morgan fingerprint density at radius 1 is 1.13 bits per heavy atom. The van der Waals surface area contributed by atoms with Crippen molar-refractivity contribution in [1.29, 1.82) is 0 Å². The molecule has 0 aliphatic carbocycles. The molecule has 0 saturated carbocycles. The summed E-state index contributed by atoms with van der Waals surface area (Å²) in [6.45, 7) is 0. The van der Waals surface area contributed by atoms with Crippen molar-refractivity contribution >= 4 is 77.6 Å². The number of fused-ring (bicyclic) bond motifs is 1. The van der Waals surface area contributed by atoms with Crippen LogP contribution in [-0.4, -0.2) is 24.0 Å². The Labute approximate surface area is 189 Å². The fraction of sp³-hybridized carbons (Fsp3) is 0.105. The number of halogens is 5. The maximum atomic E-state index is 12.9. The molecule has 154 valence electrons. The second kappa shape index (κ2) is 7.54. The number of thioether (sulfide) groups is 1. The second-order valence-electron chi connectivity index (χ2n) is 6.37. The summed E-state index contributed by atoms with van der Waals surface area (Å²) in [4.78, 5) is 31.1. The molecule has 0 unspecified atom stereocenters. The maximum absolute atomic E-state index is 12.9. The lowest BCUT2D eigenvalue weighted by molar-refractivity contribution is -0.137. The predicted octanol–water partition coefficient (Wildman–Crippen LogP) is 5.47. The minimum absolute atomic E-state index is 0.0413. The van der Waals surface area contributed by atoms with Crippen LogP contribution in [0.5, 0.6) is 0 Å². The number of likely N-dealkylation sites (N-methyl/N-ethyl adjacent to an activating group) is 1. The van der Waals surface area contributed by atoms with Crippen molar-refractivity contribution in [2.45, 2.75) is 6.18 Å². The molecule has 5 nitrogen and oxygen atoms in total. The number of aliphatic imine (C=N–C) groups is 1. The zero-order chi connectivity index (χ0) is 21.8. The van der Waals surface area contributed by atoms with E-state index in [1.807, 2.05) is 0 Å². The smallest absolute Gasteiger partial charge is 0.310 e. The van der Waals surface area contributed by atoms with Gasteiger partial charge in [-0.05, 0) is 58.0 Å². The molecule has 4 rings (SSSR count). The van der Waals surface area contributed by atoms with Gasteiger partial charge in [0.05, 0.1) is 27.4 Å². The number of rotatable bonds is 1. The summed E-state index contributed by atoms with van der Waals surface area (Å²) in [5.74, 6) is -0.895. The first-order valence-corrected chi connectivity index (χ1v) is 10.7. The molecule has 0 spiro atoms. The van der Waals surface area contributed by atoms with E-state index >= 15 is 0 Å². The van der Waals surface area contributed by atoms with Crippen LogP contribution in [0.2, 0.25) is 0 Å². The van der Waals surface area contributed by atoms with Crippen LogP contribution in [0.1, 0.15) is 11.1 Å². The van der Waals surface area contributed by atoms with Crippen LogP contribution < -0.4 is 10.2 Å². The highest BCUT2D eigenvalue weighted by atomic mass is 79.9. The lowest BCUT2D eigenvalue weighted by atomic mass is 10.1. The van der Waals surface area contributed by atoms with E-state index in [0.29, 0.717) is 15.7 Å². The molecule has 0 radical (unpaired) electrons. The zero-order valence-electron chi connectivity index (χ0n) is 15.0. The van der Waals surface area contributed by atoms with Crippen molar-refractivity contribution in [2.24, 2.45) is 4.99 Å². The quantitative estimate of drug-likeness (QED) is 0.471. The van der Waals surface area contributed by atoms with Crippen LogP contribution in [-0.2, 0) is 15.8 Å². The number of hydrogen-bond donors (Lipinski definition) is 1. The summed E-state index contributed by atoms with van der Waals surface area (Å²) in [6.07, 6.45) is -4.50. The van der Waals surface area contributed by atoms with Crippen LogP contribution >= 0.6 is 43.6 Å². The van der Waals surface area contributed by atoms with Gasteiger partial charge in [0, 0.05) is 21.6 Å². The van der Waals surface area contributed by atoms with E-state index in [-0.39, 0.29) is 27.2 Å². The highest BCUT2D eigenvalue weighted by Gasteiger charge is 2.39. The number of amides is 2. The van der Waals surface area contributed by atoms with Crippen LogP contribution in [0.3, 0.4) is 0 Å². The third-order valence-electron chi connectivity index (χ3n) is 4.41. The fourth-order valence-electron chi connectivity index (χ4n) is 3.11. The second-order valence-corrected chi connectivity index (χ2v) is 9.14. The highest BCUT2D eigenvalue weighted by Crippen LogP contribution is 2.46. The van der Waals surface area contributed by atoms with E-state index < -0.39 is 17.6 Å². The number of anilines is 1. The van der Waals surface area contributed by atoms with Crippen molar-refractivity contribution in [3.05, 3.63) is 61.4 Å². The molecule has 2 amide bonds. The molecule has 1 fully saturated rings. The highest BCUT2D eigenvalue weighted by molar-refractivity contribution is 9.11. The summed E-state index contributed by atoms with van der Waals surface area (Å²) >= 11 is 7.72. The molecule has 2 aromatic rings. The van der Waals surface area contributed by atoms with Crippen LogP contribution in [0.25, 0.3) is 5.57 Å². The fourth-order valence-corrected chi connectivity index (χ4v) is 5.53. The Morgan fingerprint density at radius 2 is 1.87 bits per heavy atom. The Bertz CT molecular complexity index is 1180. The van der Waals surface area contributed by atoms with Crippen molar-refractivity contribution in [3.8, 4) is 0 Å². The van der Waals surface area contributed by atoms with Crippen molar-refractivity contribution in [1.82, 2.24) is 5.32 Å². The van der Waals surface area contributed by atoms with Gasteiger partial charge >= 0.3 is 6.18 Å². The zero-order valence-corrected chi connectivity index (χ0v) is 19.0. The Hall–Kier alpha value is -2.11. The summed E-state index contributed by atoms with van der Waals surface area (Å²) in [6, 6.07) is 8.00. The summed E-state index contributed by atoms with van der Waals surface area (Å²) < 4.78 is 40.1. The molecular formula is C19H10Br2F3N3O2S. The van der Waals surface area contributed by atoms with Gasteiger partial charge in [0.15, 0.2) is 5.17 Å². The largest absolute Gasteiger partial charge is 0.416 e. The Kier molecular flexibility index (Phi) is 5.31. The minimum Gasteiger partial charge on any atom is -0.310 e. The van der Waals surface area contributed by atoms with Crippen LogP contribution in [0.4, 0.5) is 24.5 Å². The number of hydrogen-bond acceptors (Lipinski definition) is 4. The number of carbonyl (C=O) groups excluding carboxylic acids is 2. The summed E-state index contributed by atoms with van der Waals surface area (Å²) in [5, 5.41) is 2.62. The van der Waals surface area contributed by atoms with Gasteiger partial charge in [0.2, 0.25) is 0 Å². The van der Waals surface area contributed by atoms with E-state index in [9.17, 15) is 22.8 Å². The molecule has 0 atom stereocenters. The predicted molar refractivity (Wildman–Crippen MR) is 116 cm³/mol. The van der Waals surface area contributed by atoms with Gasteiger partial charge in [0.25, 0.3) is 11.8 Å². The van der Waals surface area contributed by atoms with Gasteiger partial charge in [-0.3, -0.25) is 9.59 Å². The summed E-state index contributed by atoms with van der Waals surface area (Å²) in [5.41, 5.74) is 0.614. The lowest BCUT2D eigenvalue weighted by Crippen LogP contribution is -2.23. The van der Waals surface area contributed by atoms with E-state index in [1.165, 1.54) is 17.0 Å². The average molecular weight is 561 g/mol. The number of nitrogens with zero attached hydrogens (tertiary/aromatic N) is 2. The molecule has 2 aliphatic rings. The number of alkyl halides is 3. The first-order valence-electron chi connectivity index (χ1n) is 8.33. The van der Waals surface area contributed by atoms with Gasteiger partial charge < -0.3 is 10.2 Å². The van der Waals surface area contributed by atoms with Crippen molar-refractivity contribution < 1.29 is 22.8 Å². The van der Waals surface area contributed by atoms with Gasteiger partial charge in [-0.15, -0.1) is 0 Å². The molecule has 11 heteroatoms. The number of nitrogens with one attached hydrogen (secondary N) is 1. The van der Waals surface area contributed by atoms with Crippen LogP contribution in [0.15, 0.2) is 55.2 Å². The molecule has 2 aliphatic heterocycles. The topological polar surface area (TPSA) is 61.8 Å². The van der Waals surface area contributed by atoms with Crippen molar-refractivity contribution in [2.75, 3.05) is 11.9 Å². The minimum atomic E-state index is -4.50. The molecule has 1 saturated heterocycles. The summed E-state index contributed by atoms with van der Waals surface area (Å²) in [7, 11) is 1.60.